The molecule has 2 aromatic carbocycles. The van der Waals surface area contributed by atoms with Crippen molar-refractivity contribution in [2.75, 3.05) is 0 Å². The molecule has 2 rings (SSSR count). The van der Waals surface area contributed by atoms with Crippen molar-refractivity contribution in [2.45, 2.75) is 6.54 Å². The van der Waals surface area contributed by atoms with E-state index in [2.05, 4.69) is 5.32 Å². The molecule has 0 aliphatic heterocycles. The van der Waals surface area contributed by atoms with Crippen LogP contribution in [0.2, 0.25) is 0 Å². The van der Waals surface area contributed by atoms with Gasteiger partial charge >= 0.3 is 5.97 Å². The second-order valence-electron chi connectivity index (χ2n) is 4.20. The highest BCUT2D eigenvalue weighted by molar-refractivity contribution is 5.96. The Labute approximate surface area is 115 Å². The predicted molar refractivity (Wildman–Crippen MR) is 72.7 cm³/mol. The number of benzene rings is 2. The number of carboxylic acids is 1. The molecule has 0 atom stereocenters. The van der Waals surface area contributed by atoms with Gasteiger partial charge in [0, 0.05) is 6.54 Å². The van der Waals surface area contributed by atoms with E-state index in [9.17, 15) is 14.7 Å². The maximum absolute atomic E-state index is 11.8. The Morgan fingerprint density at radius 3 is 2.25 bits per heavy atom. The van der Waals surface area contributed by atoms with Gasteiger partial charge in [-0.2, -0.15) is 0 Å². The number of para-hydroxylation sites is 1. The summed E-state index contributed by atoms with van der Waals surface area (Å²) in [6.07, 6.45) is 0. The molecule has 0 saturated heterocycles. The fraction of sp³-hybridized carbons (Fsp3) is 0.0667. The van der Waals surface area contributed by atoms with E-state index >= 15 is 0 Å². The third-order valence-corrected chi connectivity index (χ3v) is 2.80. The van der Waals surface area contributed by atoms with Gasteiger partial charge in [0.15, 0.2) is 0 Å². The van der Waals surface area contributed by atoms with E-state index in [4.69, 9.17) is 5.11 Å². The van der Waals surface area contributed by atoms with Gasteiger partial charge in [-0.25, -0.2) is 4.79 Å². The van der Waals surface area contributed by atoms with Crippen molar-refractivity contribution in [3.63, 3.8) is 0 Å². The van der Waals surface area contributed by atoms with E-state index in [1.54, 1.807) is 24.3 Å². The molecular weight excluding hydrogens is 258 g/mol. The SMILES string of the molecule is O=C(O)c1ccc(CNC(=O)c2ccccc2O)cc1. The second-order valence-corrected chi connectivity index (χ2v) is 4.20. The van der Waals surface area contributed by atoms with Crippen LogP contribution in [0.1, 0.15) is 26.3 Å². The first-order valence-corrected chi connectivity index (χ1v) is 5.96. The average molecular weight is 271 g/mol. The summed E-state index contributed by atoms with van der Waals surface area (Å²) in [4.78, 5) is 22.6. The topological polar surface area (TPSA) is 86.6 Å². The van der Waals surface area contributed by atoms with E-state index in [1.807, 2.05) is 0 Å². The van der Waals surface area contributed by atoms with Gasteiger partial charge in [0.1, 0.15) is 5.75 Å². The number of amides is 1. The third-order valence-electron chi connectivity index (χ3n) is 2.80. The van der Waals surface area contributed by atoms with Crippen molar-refractivity contribution >= 4 is 11.9 Å². The summed E-state index contributed by atoms with van der Waals surface area (Å²) >= 11 is 0. The number of hydrogen-bond donors (Lipinski definition) is 3. The smallest absolute Gasteiger partial charge is 0.335 e. The normalized spacial score (nSPS) is 10.0. The Morgan fingerprint density at radius 2 is 1.65 bits per heavy atom. The van der Waals surface area contributed by atoms with Gasteiger partial charge in [-0.15, -0.1) is 0 Å². The third kappa shape index (κ3) is 3.14. The molecule has 0 unspecified atom stereocenters. The molecule has 0 saturated carbocycles. The van der Waals surface area contributed by atoms with Crippen LogP contribution in [-0.4, -0.2) is 22.1 Å². The van der Waals surface area contributed by atoms with Gasteiger partial charge in [0.2, 0.25) is 0 Å². The maximum Gasteiger partial charge on any atom is 0.335 e. The zero-order valence-electron chi connectivity index (χ0n) is 10.5. The summed E-state index contributed by atoms with van der Waals surface area (Å²) < 4.78 is 0. The molecule has 102 valence electrons. The molecule has 0 fully saturated rings. The van der Waals surface area contributed by atoms with Crippen LogP contribution >= 0.6 is 0 Å². The Balaban J connectivity index is 2.00. The lowest BCUT2D eigenvalue weighted by Gasteiger charge is -2.07. The van der Waals surface area contributed by atoms with Gasteiger partial charge in [-0.3, -0.25) is 4.79 Å². The fourth-order valence-electron chi connectivity index (χ4n) is 1.71. The minimum absolute atomic E-state index is 0.0776. The van der Waals surface area contributed by atoms with Crippen molar-refractivity contribution in [3.8, 4) is 5.75 Å². The zero-order valence-corrected chi connectivity index (χ0v) is 10.5. The lowest BCUT2D eigenvalue weighted by atomic mass is 10.1. The van der Waals surface area contributed by atoms with Gasteiger partial charge in [0.25, 0.3) is 5.91 Å². The van der Waals surface area contributed by atoms with Crippen LogP contribution in [0.15, 0.2) is 48.5 Å². The lowest BCUT2D eigenvalue weighted by molar-refractivity contribution is 0.0696. The van der Waals surface area contributed by atoms with E-state index in [0.29, 0.717) is 0 Å². The van der Waals surface area contributed by atoms with Crippen LogP contribution in [0.4, 0.5) is 0 Å². The van der Waals surface area contributed by atoms with Gasteiger partial charge in [-0.1, -0.05) is 24.3 Å². The Hall–Kier alpha value is -2.82. The van der Waals surface area contributed by atoms with Crippen molar-refractivity contribution in [1.29, 1.82) is 0 Å². The molecule has 0 radical (unpaired) electrons. The molecule has 5 nitrogen and oxygen atoms in total. The molecule has 0 heterocycles. The molecular formula is C15H13NO4. The summed E-state index contributed by atoms with van der Waals surface area (Å²) in [5.74, 6) is -1.45. The predicted octanol–water partition coefficient (Wildman–Crippen LogP) is 2.02. The molecule has 20 heavy (non-hydrogen) atoms. The van der Waals surface area contributed by atoms with E-state index in [-0.39, 0.29) is 29.3 Å². The first-order valence-electron chi connectivity index (χ1n) is 5.96. The Kier molecular flexibility index (Phi) is 4.00. The molecule has 0 spiro atoms. The molecule has 0 bridgehead atoms. The summed E-state index contributed by atoms with van der Waals surface area (Å²) in [5, 5.41) is 21.0. The zero-order chi connectivity index (χ0) is 14.5. The highest BCUT2D eigenvalue weighted by Crippen LogP contribution is 2.15. The standard InChI is InChI=1S/C15H13NO4/c17-13-4-2-1-3-12(13)14(18)16-9-10-5-7-11(8-6-10)15(19)20/h1-8,17H,9H2,(H,16,18)(H,19,20). The second kappa shape index (κ2) is 5.88. The minimum atomic E-state index is -0.991. The maximum atomic E-state index is 11.8. The number of phenolic OH excluding ortho intramolecular Hbond substituents is 1. The summed E-state index contributed by atoms with van der Waals surface area (Å²) in [7, 11) is 0. The summed E-state index contributed by atoms with van der Waals surface area (Å²) in [6, 6.07) is 12.5. The Morgan fingerprint density at radius 1 is 1.00 bits per heavy atom. The number of carbonyl (C=O) groups is 2. The molecule has 0 aliphatic carbocycles. The number of rotatable bonds is 4. The van der Waals surface area contributed by atoms with Crippen LogP contribution in [0, 0.1) is 0 Å². The van der Waals surface area contributed by atoms with Crippen molar-refractivity contribution in [1.82, 2.24) is 5.32 Å². The largest absolute Gasteiger partial charge is 0.507 e. The van der Waals surface area contributed by atoms with E-state index in [0.717, 1.165) is 5.56 Å². The minimum Gasteiger partial charge on any atom is -0.507 e. The number of carboxylic acid groups (broad SMARTS) is 1. The molecule has 3 N–H and O–H groups in total. The number of aromatic carboxylic acids is 1. The quantitative estimate of drug-likeness (QED) is 0.794. The first kappa shape index (κ1) is 13.6. The Bertz CT molecular complexity index is 635. The number of phenols is 1. The summed E-state index contributed by atoms with van der Waals surface area (Å²) in [6.45, 7) is 0.257. The molecule has 1 amide bonds. The average Bonchev–Trinajstić information content (AvgIpc) is 2.45. The van der Waals surface area contributed by atoms with Crippen LogP contribution in [0.5, 0.6) is 5.75 Å². The molecule has 5 heteroatoms. The highest BCUT2D eigenvalue weighted by Gasteiger charge is 2.09. The van der Waals surface area contributed by atoms with Crippen LogP contribution in [0.25, 0.3) is 0 Å². The van der Waals surface area contributed by atoms with Crippen molar-refractivity contribution in [2.24, 2.45) is 0 Å². The van der Waals surface area contributed by atoms with Gasteiger partial charge < -0.3 is 15.5 Å². The van der Waals surface area contributed by atoms with Gasteiger partial charge in [-0.05, 0) is 29.8 Å². The number of aromatic hydroxyl groups is 1. The van der Waals surface area contributed by atoms with Gasteiger partial charge in [0.05, 0.1) is 11.1 Å². The van der Waals surface area contributed by atoms with Crippen molar-refractivity contribution < 1.29 is 19.8 Å². The highest BCUT2D eigenvalue weighted by atomic mass is 16.4. The van der Waals surface area contributed by atoms with Crippen LogP contribution in [-0.2, 0) is 6.54 Å². The number of carbonyl (C=O) groups excluding carboxylic acids is 1. The number of nitrogens with one attached hydrogen (secondary N) is 1. The van der Waals surface area contributed by atoms with Crippen LogP contribution < -0.4 is 5.32 Å². The summed E-state index contributed by atoms with van der Waals surface area (Å²) in [5.41, 5.74) is 1.18. The molecule has 0 aliphatic rings. The van der Waals surface area contributed by atoms with Crippen LogP contribution in [0.3, 0.4) is 0 Å². The van der Waals surface area contributed by atoms with E-state index < -0.39 is 5.97 Å². The first-order chi connectivity index (χ1) is 9.58. The number of hydrogen-bond acceptors (Lipinski definition) is 3. The fourth-order valence-corrected chi connectivity index (χ4v) is 1.71. The van der Waals surface area contributed by atoms with Crippen molar-refractivity contribution in [3.05, 3.63) is 65.2 Å². The lowest BCUT2D eigenvalue weighted by Crippen LogP contribution is -2.22. The monoisotopic (exact) mass is 271 g/mol. The van der Waals surface area contributed by atoms with E-state index in [1.165, 1.54) is 24.3 Å². The molecule has 2 aromatic rings. The molecule has 0 aromatic heterocycles.